The molecular formula is C18H24N2O3S. The van der Waals surface area contributed by atoms with Crippen LogP contribution in [0.3, 0.4) is 0 Å². The molecule has 6 heteroatoms. The molecule has 0 saturated heterocycles. The smallest absolute Gasteiger partial charge is 0.208 e. The van der Waals surface area contributed by atoms with E-state index in [0.717, 1.165) is 23.1 Å². The van der Waals surface area contributed by atoms with E-state index in [-0.39, 0.29) is 6.04 Å². The maximum absolute atomic E-state index is 11.0. The van der Waals surface area contributed by atoms with E-state index in [1.54, 1.807) is 0 Å². The molecule has 130 valence electrons. The number of benzene rings is 2. The minimum Gasteiger partial charge on any atom is -0.489 e. The first-order valence-corrected chi connectivity index (χ1v) is 9.78. The molecule has 0 aliphatic heterocycles. The van der Waals surface area contributed by atoms with Crippen molar-refractivity contribution in [1.82, 2.24) is 10.0 Å². The third-order valence-corrected chi connectivity index (χ3v) is 4.30. The molecule has 5 nitrogen and oxygen atoms in total. The molecule has 0 saturated carbocycles. The third-order valence-electron chi connectivity index (χ3n) is 3.57. The highest BCUT2D eigenvalue weighted by Crippen LogP contribution is 2.18. The molecular weight excluding hydrogens is 324 g/mol. The lowest BCUT2D eigenvalue weighted by Crippen LogP contribution is -2.32. The molecule has 2 rings (SSSR count). The molecule has 0 aromatic heterocycles. The van der Waals surface area contributed by atoms with Crippen LogP contribution in [0.1, 0.15) is 24.1 Å². The quantitative estimate of drug-likeness (QED) is 0.683. The van der Waals surface area contributed by atoms with Gasteiger partial charge in [0, 0.05) is 19.1 Å². The van der Waals surface area contributed by atoms with E-state index in [0.29, 0.717) is 19.7 Å². The largest absolute Gasteiger partial charge is 0.489 e. The Bertz CT molecular complexity index is 716. The van der Waals surface area contributed by atoms with Gasteiger partial charge in [-0.1, -0.05) is 42.5 Å². The fourth-order valence-electron chi connectivity index (χ4n) is 2.24. The summed E-state index contributed by atoms with van der Waals surface area (Å²) in [4.78, 5) is 0. The Kier molecular flexibility index (Phi) is 6.78. The van der Waals surface area contributed by atoms with E-state index >= 15 is 0 Å². The van der Waals surface area contributed by atoms with Gasteiger partial charge in [0.2, 0.25) is 10.0 Å². The van der Waals surface area contributed by atoms with Gasteiger partial charge in [0.05, 0.1) is 6.26 Å². The monoisotopic (exact) mass is 348 g/mol. The van der Waals surface area contributed by atoms with Crippen LogP contribution in [-0.4, -0.2) is 27.8 Å². The first-order chi connectivity index (χ1) is 11.4. The molecule has 0 bridgehead atoms. The van der Waals surface area contributed by atoms with Crippen LogP contribution in [0.25, 0.3) is 0 Å². The lowest BCUT2D eigenvalue weighted by Gasteiger charge is -2.15. The Balaban J connectivity index is 1.78. The Morgan fingerprint density at radius 1 is 1.00 bits per heavy atom. The summed E-state index contributed by atoms with van der Waals surface area (Å²) < 4.78 is 30.2. The minimum atomic E-state index is -3.13. The summed E-state index contributed by atoms with van der Waals surface area (Å²) in [6, 6.07) is 18.1. The average molecular weight is 348 g/mol. The van der Waals surface area contributed by atoms with Crippen molar-refractivity contribution < 1.29 is 13.2 Å². The van der Waals surface area contributed by atoms with Crippen LogP contribution in [0, 0.1) is 0 Å². The summed E-state index contributed by atoms with van der Waals surface area (Å²) in [5, 5.41) is 3.28. The molecule has 1 unspecified atom stereocenters. The van der Waals surface area contributed by atoms with Crippen LogP contribution >= 0.6 is 0 Å². The lowest BCUT2D eigenvalue weighted by molar-refractivity contribution is 0.306. The van der Waals surface area contributed by atoms with Crippen LogP contribution in [0.15, 0.2) is 54.6 Å². The Hall–Kier alpha value is -1.89. The van der Waals surface area contributed by atoms with E-state index in [4.69, 9.17) is 4.74 Å². The SMILES string of the molecule is CC(NCCNS(C)(=O)=O)c1ccc(OCc2ccccc2)cc1. The second-order valence-corrected chi connectivity index (χ2v) is 7.52. The minimum absolute atomic E-state index is 0.134. The summed E-state index contributed by atoms with van der Waals surface area (Å²) in [6.45, 7) is 3.54. The van der Waals surface area contributed by atoms with Crippen molar-refractivity contribution in [2.75, 3.05) is 19.3 Å². The van der Waals surface area contributed by atoms with Crippen molar-refractivity contribution in [3.63, 3.8) is 0 Å². The summed E-state index contributed by atoms with van der Waals surface area (Å²) >= 11 is 0. The molecule has 0 amide bonds. The van der Waals surface area contributed by atoms with Gasteiger partial charge in [-0.05, 0) is 30.2 Å². The van der Waals surface area contributed by atoms with Gasteiger partial charge < -0.3 is 10.1 Å². The van der Waals surface area contributed by atoms with Gasteiger partial charge in [0.15, 0.2) is 0 Å². The molecule has 2 aromatic carbocycles. The highest BCUT2D eigenvalue weighted by atomic mass is 32.2. The van der Waals surface area contributed by atoms with Gasteiger partial charge in [0.25, 0.3) is 0 Å². The fourth-order valence-corrected chi connectivity index (χ4v) is 2.71. The average Bonchev–Trinajstić information content (AvgIpc) is 2.57. The van der Waals surface area contributed by atoms with E-state index in [2.05, 4.69) is 10.0 Å². The van der Waals surface area contributed by atoms with Gasteiger partial charge in [-0.25, -0.2) is 13.1 Å². The highest BCUT2D eigenvalue weighted by Gasteiger charge is 2.06. The van der Waals surface area contributed by atoms with Crippen molar-refractivity contribution in [3.05, 3.63) is 65.7 Å². The normalized spacial score (nSPS) is 12.8. The number of sulfonamides is 1. The van der Waals surface area contributed by atoms with Crippen LogP contribution < -0.4 is 14.8 Å². The maximum atomic E-state index is 11.0. The summed E-state index contributed by atoms with van der Waals surface area (Å²) in [5.41, 5.74) is 2.26. The maximum Gasteiger partial charge on any atom is 0.208 e. The van der Waals surface area contributed by atoms with Gasteiger partial charge in [-0.15, -0.1) is 0 Å². The molecule has 24 heavy (non-hydrogen) atoms. The topological polar surface area (TPSA) is 67.4 Å². The molecule has 2 aromatic rings. The Morgan fingerprint density at radius 2 is 1.67 bits per heavy atom. The zero-order chi connectivity index (χ0) is 17.4. The summed E-state index contributed by atoms with van der Waals surface area (Å²) in [5.74, 6) is 0.827. The Morgan fingerprint density at radius 3 is 2.29 bits per heavy atom. The van der Waals surface area contributed by atoms with Crippen LogP contribution in [-0.2, 0) is 16.6 Å². The summed E-state index contributed by atoms with van der Waals surface area (Å²) in [6.07, 6.45) is 1.16. The Labute approximate surface area is 144 Å². The van der Waals surface area contributed by atoms with Crippen LogP contribution in [0.5, 0.6) is 5.75 Å². The van der Waals surface area contributed by atoms with Gasteiger partial charge >= 0.3 is 0 Å². The first-order valence-electron chi connectivity index (χ1n) is 7.89. The first kappa shape index (κ1) is 18.4. The van der Waals surface area contributed by atoms with E-state index in [1.165, 1.54) is 0 Å². The van der Waals surface area contributed by atoms with Crippen molar-refractivity contribution in [2.45, 2.75) is 19.6 Å². The van der Waals surface area contributed by atoms with Gasteiger partial charge in [-0.2, -0.15) is 0 Å². The third kappa shape index (κ3) is 6.70. The van der Waals surface area contributed by atoms with E-state index in [9.17, 15) is 8.42 Å². The van der Waals surface area contributed by atoms with Gasteiger partial charge in [0.1, 0.15) is 12.4 Å². The number of ether oxygens (including phenoxy) is 1. The number of hydrogen-bond donors (Lipinski definition) is 2. The summed E-state index contributed by atoms with van der Waals surface area (Å²) in [7, 11) is -3.13. The molecule has 0 heterocycles. The molecule has 1 atom stereocenters. The molecule has 2 N–H and O–H groups in total. The number of rotatable bonds is 9. The predicted octanol–water partition coefficient (Wildman–Crippen LogP) is 2.47. The molecule has 0 aliphatic carbocycles. The van der Waals surface area contributed by atoms with Crippen LogP contribution in [0.2, 0.25) is 0 Å². The predicted molar refractivity (Wildman–Crippen MR) is 96.5 cm³/mol. The zero-order valence-corrected chi connectivity index (χ0v) is 14.8. The standard InChI is InChI=1S/C18H24N2O3S/c1-15(19-12-13-20-24(2,21)22)17-8-10-18(11-9-17)23-14-16-6-4-3-5-7-16/h3-11,15,19-20H,12-14H2,1-2H3. The molecule has 0 radical (unpaired) electrons. The lowest BCUT2D eigenvalue weighted by atomic mass is 10.1. The molecule has 0 spiro atoms. The van der Waals surface area contributed by atoms with Crippen molar-refractivity contribution >= 4 is 10.0 Å². The highest BCUT2D eigenvalue weighted by molar-refractivity contribution is 7.88. The second-order valence-electron chi connectivity index (χ2n) is 5.69. The van der Waals surface area contributed by atoms with Crippen molar-refractivity contribution in [2.24, 2.45) is 0 Å². The van der Waals surface area contributed by atoms with Crippen LogP contribution in [0.4, 0.5) is 0 Å². The van der Waals surface area contributed by atoms with Gasteiger partial charge in [-0.3, -0.25) is 0 Å². The second kappa shape index (κ2) is 8.82. The molecule has 0 fully saturated rings. The fraction of sp³-hybridized carbons (Fsp3) is 0.333. The van der Waals surface area contributed by atoms with E-state index in [1.807, 2.05) is 61.5 Å². The van der Waals surface area contributed by atoms with Crippen molar-refractivity contribution in [3.8, 4) is 5.75 Å². The zero-order valence-electron chi connectivity index (χ0n) is 14.0. The molecule has 0 aliphatic rings. The number of nitrogens with one attached hydrogen (secondary N) is 2. The number of hydrogen-bond acceptors (Lipinski definition) is 4. The van der Waals surface area contributed by atoms with Crippen molar-refractivity contribution in [1.29, 1.82) is 0 Å². The van der Waals surface area contributed by atoms with E-state index < -0.39 is 10.0 Å².